The van der Waals surface area contributed by atoms with Crippen LogP contribution in [-0.2, 0) is 19.4 Å². The second-order valence-corrected chi connectivity index (χ2v) is 7.32. The third-order valence-corrected chi connectivity index (χ3v) is 4.77. The van der Waals surface area contributed by atoms with Gasteiger partial charge in [-0.05, 0) is 48.5 Å². The SMILES string of the molecule is O=C(COC(=O)c1ccc(S(=O)(=O)C(F)F)cc1)Nc1ccc(Cl)cc1. The van der Waals surface area contributed by atoms with Crippen molar-refractivity contribution in [3.8, 4) is 0 Å². The van der Waals surface area contributed by atoms with Crippen molar-refractivity contribution in [2.45, 2.75) is 10.7 Å². The first-order valence-electron chi connectivity index (χ1n) is 7.05. The van der Waals surface area contributed by atoms with Crippen molar-refractivity contribution in [1.82, 2.24) is 0 Å². The maximum Gasteiger partial charge on any atom is 0.341 e. The van der Waals surface area contributed by atoms with Crippen LogP contribution >= 0.6 is 11.6 Å². The Hall–Kier alpha value is -2.52. The summed E-state index contributed by atoms with van der Waals surface area (Å²) in [7, 11) is -4.74. The van der Waals surface area contributed by atoms with Crippen molar-refractivity contribution in [3.05, 3.63) is 59.1 Å². The molecule has 0 saturated heterocycles. The lowest BCUT2D eigenvalue weighted by molar-refractivity contribution is -0.119. The highest BCUT2D eigenvalue weighted by molar-refractivity contribution is 7.91. The molecule has 138 valence electrons. The zero-order valence-corrected chi connectivity index (χ0v) is 14.6. The van der Waals surface area contributed by atoms with Gasteiger partial charge in [-0.25, -0.2) is 13.2 Å². The van der Waals surface area contributed by atoms with Crippen molar-refractivity contribution < 1.29 is 31.5 Å². The molecular formula is C16H12ClF2NO5S. The number of anilines is 1. The molecule has 0 saturated carbocycles. The third-order valence-electron chi connectivity index (χ3n) is 3.12. The van der Waals surface area contributed by atoms with E-state index >= 15 is 0 Å². The largest absolute Gasteiger partial charge is 0.452 e. The number of sulfone groups is 1. The molecule has 0 heterocycles. The lowest BCUT2D eigenvalue weighted by Gasteiger charge is -2.07. The molecule has 1 amide bonds. The predicted octanol–water partition coefficient (Wildman–Crippen LogP) is 3.13. The quantitative estimate of drug-likeness (QED) is 0.748. The fourth-order valence-electron chi connectivity index (χ4n) is 1.83. The Morgan fingerprint density at radius 3 is 2.15 bits per heavy atom. The summed E-state index contributed by atoms with van der Waals surface area (Å²) in [6, 6.07) is 10.0. The van der Waals surface area contributed by atoms with E-state index in [2.05, 4.69) is 5.32 Å². The molecule has 0 spiro atoms. The molecule has 0 radical (unpaired) electrons. The van der Waals surface area contributed by atoms with E-state index in [1.807, 2.05) is 0 Å². The minimum absolute atomic E-state index is 0.0856. The van der Waals surface area contributed by atoms with Gasteiger partial charge in [-0.15, -0.1) is 0 Å². The molecule has 0 fully saturated rings. The maximum atomic E-state index is 12.4. The van der Waals surface area contributed by atoms with Crippen LogP contribution in [-0.4, -0.2) is 32.7 Å². The number of ether oxygens (including phenoxy) is 1. The van der Waals surface area contributed by atoms with Crippen LogP contribution in [0.2, 0.25) is 5.02 Å². The maximum absolute atomic E-state index is 12.4. The Balaban J connectivity index is 1.93. The molecule has 2 rings (SSSR count). The number of amides is 1. The van der Waals surface area contributed by atoms with Crippen LogP contribution in [0.3, 0.4) is 0 Å². The van der Waals surface area contributed by atoms with Gasteiger partial charge in [0, 0.05) is 10.7 Å². The summed E-state index contributed by atoms with van der Waals surface area (Å²) in [5.74, 6) is -5.06. The van der Waals surface area contributed by atoms with E-state index in [0.717, 1.165) is 24.3 Å². The van der Waals surface area contributed by atoms with E-state index in [9.17, 15) is 26.8 Å². The summed E-state index contributed by atoms with van der Waals surface area (Å²) in [4.78, 5) is 22.9. The first-order chi connectivity index (χ1) is 12.2. The second kappa shape index (κ2) is 8.24. The van der Waals surface area contributed by atoms with E-state index in [0.29, 0.717) is 10.7 Å². The second-order valence-electron chi connectivity index (χ2n) is 4.96. The van der Waals surface area contributed by atoms with Crippen molar-refractivity contribution in [1.29, 1.82) is 0 Å². The van der Waals surface area contributed by atoms with Crippen LogP contribution in [0.25, 0.3) is 0 Å². The van der Waals surface area contributed by atoms with Gasteiger partial charge in [0.15, 0.2) is 6.61 Å². The first-order valence-corrected chi connectivity index (χ1v) is 8.97. The van der Waals surface area contributed by atoms with Crippen LogP contribution in [0, 0.1) is 0 Å². The van der Waals surface area contributed by atoms with Gasteiger partial charge in [0.25, 0.3) is 5.91 Å². The predicted molar refractivity (Wildman–Crippen MR) is 90.0 cm³/mol. The van der Waals surface area contributed by atoms with Gasteiger partial charge >= 0.3 is 11.7 Å². The fraction of sp³-hybridized carbons (Fsp3) is 0.125. The first kappa shape index (κ1) is 19.8. The topological polar surface area (TPSA) is 89.5 Å². The molecule has 0 aromatic heterocycles. The van der Waals surface area contributed by atoms with Crippen molar-refractivity contribution in [2.75, 3.05) is 11.9 Å². The van der Waals surface area contributed by atoms with Crippen LogP contribution in [0.5, 0.6) is 0 Å². The van der Waals surface area contributed by atoms with E-state index in [1.165, 1.54) is 0 Å². The summed E-state index contributed by atoms with van der Waals surface area (Å²) in [5.41, 5.74) is 0.370. The number of hydrogen-bond donors (Lipinski definition) is 1. The summed E-state index contributed by atoms with van der Waals surface area (Å²) in [5, 5.41) is 2.97. The number of alkyl halides is 2. The van der Waals surface area contributed by atoms with E-state index < -0.39 is 39.0 Å². The molecule has 10 heteroatoms. The molecule has 0 aliphatic carbocycles. The normalized spacial score (nSPS) is 11.2. The van der Waals surface area contributed by atoms with Crippen LogP contribution in [0.1, 0.15) is 10.4 Å². The minimum atomic E-state index is -4.74. The Kier molecular flexibility index (Phi) is 6.27. The molecule has 26 heavy (non-hydrogen) atoms. The lowest BCUT2D eigenvalue weighted by atomic mass is 10.2. The summed E-state index contributed by atoms with van der Waals surface area (Å²) < 4.78 is 52.2. The highest BCUT2D eigenvalue weighted by atomic mass is 35.5. The Labute approximate surface area is 152 Å². The minimum Gasteiger partial charge on any atom is -0.452 e. The molecule has 1 N–H and O–H groups in total. The summed E-state index contributed by atoms with van der Waals surface area (Å²) >= 11 is 5.71. The van der Waals surface area contributed by atoms with Gasteiger partial charge in [0.05, 0.1) is 10.5 Å². The Morgan fingerprint density at radius 1 is 1.04 bits per heavy atom. The van der Waals surface area contributed by atoms with Gasteiger partial charge in [0.2, 0.25) is 9.84 Å². The third kappa shape index (κ3) is 4.99. The molecular weight excluding hydrogens is 392 g/mol. The molecule has 0 aliphatic heterocycles. The van der Waals surface area contributed by atoms with Crippen LogP contribution < -0.4 is 5.32 Å². The van der Waals surface area contributed by atoms with Crippen molar-refractivity contribution in [3.63, 3.8) is 0 Å². The standard InChI is InChI=1S/C16H12ClF2NO5S/c17-11-3-5-12(6-4-11)20-14(21)9-25-15(22)10-1-7-13(8-2-10)26(23,24)16(18)19/h1-8,16H,9H2,(H,20,21). The Bertz CT molecular complexity index is 899. The molecule has 0 unspecified atom stereocenters. The van der Waals surface area contributed by atoms with Gasteiger partial charge in [0.1, 0.15) is 0 Å². The van der Waals surface area contributed by atoms with Gasteiger partial charge in [-0.3, -0.25) is 4.79 Å². The van der Waals surface area contributed by atoms with E-state index in [1.54, 1.807) is 24.3 Å². The van der Waals surface area contributed by atoms with Gasteiger partial charge < -0.3 is 10.1 Å². The average molecular weight is 404 g/mol. The van der Waals surface area contributed by atoms with Gasteiger partial charge in [-0.1, -0.05) is 11.6 Å². The van der Waals surface area contributed by atoms with Crippen molar-refractivity contribution in [2.24, 2.45) is 0 Å². The number of rotatable bonds is 6. The van der Waals surface area contributed by atoms with E-state index in [4.69, 9.17) is 16.3 Å². The average Bonchev–Trinajstić information content (AvgIpc) is 2.61. The Morgan fingerprint density at radius 2 is 1.62 bits per heavy atom. The van der Waals surface area contributed by atoms with Crippen LogP contribution in [0.4, 0.5) is 14.5 Å². The fourth-order valence-corrected chi connectivity index (χ4v) is 2.68. The zero-order chi connectivity index (χ0) is 19.3. The molecule has 0 aliphatic rings. The molecule has 0 atom stereocenters. The number of carbonyl (C=O) groups is 2. The zero-order valence-electron chi connectivity index (χ0n) is 13.0. The number of benzene rings is 2. The summed E-state index contributed by atoms with van der Waals surface area (Å²) in [6.07, 6.45) is 0. The van der Waals surface area contributed by atoms with Gasteiger partial charge in [-0.2, -0.15) is 8.78 Å². The smallest absolute Gasteiger partial charge is 0.341 e. The van der Waals surface area contributed by atoms with E-state index in [-0.39, 0.29) is 5.56 Å². The number of nitrogens with one attached hydrogen (secondary N) is 1. The number of halogens is 3. The molecule has 2 aromatic rings. The summed E-state index contributed by atoms with van der Waals surface area (Å²) in [6.45, 7) is -0.585. The number of esters is 1. The molecule has 6 nitrogen and oxygen atoms in total. The van der Waals surface area contributed by atoms with Crippen LogP contribution in [0.15, 0.2) is 53.4 Å². The highest BCUT2D eigenvalue weighted by Crippen LogP contribution is 2.19. The molecule has 0 bridgehead atoms. The highest BCUT2D eigenvalue weighted by Gasteiger charge is 2.26. The lowest BCUT2D eigenvalue weighted by Crippen LogP contribution is -2.21. The number of carbonyl (C=O) groups excluding carboxylic acids is 2. The molecule has 2 aromatic carbocycles. The monoisotopic (exact) mass is 403 g/mol. The van der Waals surface area contributed by atoms with Crippen molar-refractivity contribution >= 4 is 39.0 Å². The number of hydrogen-bond acceptors (Lipinski definition) is 5.